The predicted octanol–water partition coefficient (Wildman–Crippen LogP) is 4.85. The summed E-state index contributed by atoms with van der Waals surface area (Å²) in [5.41, 5.74) is 1.33. The Labute approximate surface area is 182 Å². The molecular weight excluding hydrogens is 420 g/mol. The van der Waals surface area contributed by atoms with Crippen LogP contribution in [0.4, 0.5) is 5.13 Å². The highest BCUT2D eigenvalue weighted by Gasteiger charge is 2.48. The van der Waals surface area contributed by atoms with Crippen LogP contribution in [0.25, 0.3) is 5.76 Å². The normalized spacial score (nSPS) is 18.2. The van der Waals surface area contributed by atoms with E-state index >= 15 is 0 Å². The number of carbonyl (C=O) groups is 2. The van der Waals surface area contributed by atoms with E-state index in [1.165, 1.54) is 27.6 Å². The summed E-state index contributed by atoms with van der Waals surface area (Å²) in [6, 6.07) is 9.79. The van der Waals surface area contributed by atoms with E-state index in [1.54, 1.807) is 24.3 Å². The molecule has 154 valence electrons. The van der Waals surface area contributed by atoms with Crippen LogP contribution in [0.1, 0.15) is 34.0 Å². The molecule has 8 heteroatoms. The zero-order valence-corrected chi connectivity index (χ0v) is 18.3. The van der Waals surface area contributed by atoms with Gasteiger partial charge >= 0.3 is 5.91 Å². The molecule has 1 atom stereocenters. The fourth-order valence-electron chi connectivity index (χ4n) is 3.34. The van der Waals surface area contributed by atoms with Crippen LogP contribution in [0.15, 0.2) is 47.4 Å². The number of amides is 1. The summed E-state index contributed by atoms with van der Waals surface area (Å²) < 4.78 is 5.44. The van der Waals surface area contributed by atoms with Crippen molar-refractivity contribution in [3.8, 4) is 5.75 Å². The lowest BCUT2D eigenvalue weighted by molar-refractivity contribution is -0.132. The molecule has 0 unspecified atom stereocenters. The van der Waals surface area contributed by atoms with Crippen molar-refractivity contribution in [2.75, 3.05) is 11.5 Å². The van der Waals surface area contributed by atoms with Gasteiger partial charge < -0.3 is 9.84 Å². The van der Waals surface area contributed by atoms with Gasteiger partial charge in [0.15, 0.2) is 5.13 Å². The van der Waals surface area contributed by atoms with Crippen LogP contribution >= 0.6 is 22.7 Å². The lowest BCUT2D eigenvalue weighted by Crippen LogP contribution is -2.29. The van der Waals surface area contributed by atoms with Gasteiger partial charge in [-0.15, -0.1) is 22.7 Å². The molecule has 0 saturated carbocycles. The Morgan fingerprint density at radius 3 is 2.50 bits per heavy atom. The van der Waals surface area contributed by atoms with Crippen molar-refractivity contribution in [2.45, 2.75) is 26.8 Å². The topological polar surface area (TPSA) is 79.7 Å². The molecule has 30 heavy (non-hydrogen) atoms. The lowest BCUT2D eigenvalue weighted by atomic mass is 10.00. The molecule has 1 N–H and O–H groups in total. The smallest absolute Gasteiger partial charge is 0.301 e. The number of rotatable bonds is 5. The monoisotopic (exact) mass is 440 g/mol. The number of aromatic nitrogens is 1. The van der Waals surface area contributed by atoms with Crippen molar-refractivity contribution in [1.82, 2.24) is 4.98 Å². The maximum absolute atomic E-state index is 13.0. The average molecular weight is 441 g/mol. The van der Waals surface area contributed by atoms with E-state index < -0.39 is 17.7 Å². The summed E-state index contributed by atoms with van der Waals surface area (Å²) in [6.45, 7) is 6.21. The van der Waals surface area contributed by atoms with Gasteiger partial charge in [-0.2, -0.15) is 0 Å². The molecule has 1 aliphatic rings. The van der Waals surface area contributed by atoms with Crippen molar-refractivity contribution in [3.63, 3.8) is 0 Å². The fourth-order valence-corrected chi connectivity index (χ4v) is 5.10. The molecule has 0 bridgehead atoms. The van der Waals surface area contributed by atoms with E-state index in [9.17, 15) is 14.7 Å². The number of aryl methyl sites for hydroxylation is 2. The Hall–Kier alpha value is -2.97. The highest BCUT2D eigenvalue weighted by atomic mass is 32.1. The molecule has 3 heterocycles. The van der Waals surface area contributed by atoms with Crippen LogP contribution in [-0.2, 0) is 9.59 Å². The Kier molecular flexibility index (Phi) is 5.44. The van der Waals surface area contributed by atoms with E-state index in [2.05, 4.69) is 4.98 Å². The summed E-state index contributed by atoms with van der Waals surface area (Å²) in [6.07, 6.45) is 0. The Balaban J connectivity index is 1.86. The van der Waals surface area contributed by atoms with Gasteiger partial charge in [0.1, 0.15) is 17.6 Å². The van der Waals surface area contributed by atoms with Crippen LogP contribution in [0.2, 0.25) is 0 Å². The molecule has 2 aromatic heterocycles. The number of Topliss-reactive ketones (excluding diaryl/α,β-unsaturated/α-hetero) is 1. The van der Waals surface area contributed by atoms with Gasteiger partial charge in [0.25, 0.3) is 5.78 Å². The second-order valence-electron chi connectivity index (χ2n) is 6.78. The zero-order chi connectivity index (χ0) is 21.4. The van der Waals surface area contributed by atoms with E-state index in [1.807, 2.05) is 38.3 Å². The minimum absolute atomic E-state index is 0.0668. The molecule has 0 aliphatic carbocycles. The van der Waals surface area contributed by atoms with Crippen LogP contribution in [0.3, 0.4) is 0 Å². The predicted molar refractivity (Wildman–Crippen MR) is 118 cm³/mol. The first-order valence-electron chi connectivity index (χ1n) is 9.44. The Morgan fingerprint density at radius 2 is 1.93 bits per heavy atom. The molecule has 6 nitrogen and oxygen atoms in total. The number of benzene rings is 1. The van der Waals surface area contributed by atoms with Crippen LogP contribution < -0.4 is 9.64 Å². The van der Waals surface area contributed by atoms with Gasteiger partial charge in [0.2, 0.25) is 0 Å². The summed E-state index contributed by atoms with van der Waals surface area (Å²) in [5, 5.41) is 13.4. The number of thiophene rings is 1. The molecule has 1 saturated heterocycles. The largest absolute Gasteiger partial charge is 0.507 e. The van der Waals surface area contributed by atoms with E-state index in [0.717, 1.165) is 15.4 Å². The number of aliphatic hydroxyl groups is 1. The number of nitrogens with zero attached hydrogens (tertiary/aromatic N) is 2. The average Bonchev–Trinajstić information content (AvgIpc) is 3.43. The molecule has 3 aromatic rings. The van der Waals surface area contributed by atoms with E-state index in [4.69, 9.17) is 4.74 Å². The summed E-state index contributed by atoms with van der Waals surface area (Å²) in [7, 11) is 0. The molecular formula is C22H20N2O4S2. The van der Waals surface area contributed by atoms with Crippen LogP contribution in [-0.4, -0.2) is 28.4 Å². The fraction of sp³-hybridized carbons (Fsp3) is 0.227. The van der Waals surface area contributed by atoms with E-state index in [0.29, 0.717) is 23.1 Å². The second kappa shape index (κ2) is 8.04. The number of hydrogen-bond acceptors (Lipinski definition) is 7. The second-order valence-corrected chi connectivity index (χ2v) is 8.94. The number of thiazole rings is 1. The van der Waals surface area contributed by atoms with Crippen molar-refractivity contribution < 1.29 is 19.4 Å². The first kappa shape index (κ1) is 20.3. The summed E-state index contributed by atoms with van der Waals surface area (Å²) in [5.74, 6) is -0.944. The van der Waals surface area contributed by atoms with Gasteiger partial charge in [0, 0.05) is 15.3 Å². The van der Waals surface area contributed by atoms with Crippen LogP contribution in [0.5, 0.6) is 5.75 Å². The highest BCUT2D eigenvalue weighted by Crippen LogP contribution is 2.44. The Bertz CT molecular complexity index is 1110. The van der Waals surface area contributed by atoms with Crippen LogP contribution in [0, 0.1) is 13.8 Å². The minimum atomic E-state index is -0.721. The van der Waals surface area contributed by atoms with Gasteiger partial charge in [-0.1, -0.05) is 6.07 Å². The molecule has 4 rings (SSSR count). The third-order valence-electron chi connectivity index (χ3n) is 4.92. The number of hydrogen-bond donors (Lipinski definition) is 1. The first-order chi connectivity index (χ1) is 14.4. The standard InChI is InChI=1S/C22H20N2O4S2/c1-4-28-15-9-7-14(8-10-15)19(25)17-18(16-6-5-11-29-16)24(21(27)20(17)26)22-23-12(2)13(3)30-22/h5-11,18,25H,4H2,1-3H3/b19-17+/t18-/m0/s1. The van der Waals surface area contributed by atoms with Crippen molar-refractivity contribution in [3.05, 3.63) is 68.4 Å². The summed E-state index contributed by atoms with van der Waals surface area (Å²) in [4.78, 5) is 33.7. The van der Waals surface area contributed by atoms with E-state index in [-0.39, 0.29) is 11.3 Å². The molecule has 1 amide bonds. The van der Waals surface area contributed by atoms with Gasteiger partial charge in [-0.05, 0) is 56.5 Å². The molecule has 1 fully saturated rings. The van der Waals surface area contributed by atoms with Crippen molar-refractivity contribution >= 4 is 45.3 Å². The molecule has 0 radical (unpaired) electrons. The zero-order valence-electron chi connectivity index (χ0n) is 16.7. The molecule has 1 aliphatic heterocycles. The number of anilines is 1. The third-order valence-corrected chi connectivity index (χ3v) is 6.92. The first-order valence-corrected chi connectivity index (χ1v) is 11.1. The highest BCUT2D eigenvalue weighted by molar-refractivity contribution is 7.16. The third kappa shape index (κ3) is 3.42. The molecule has 0 spiro atoms. The van der Waals surface area contributed by atoms with Crippen molar-refractivity contribution in [2.24, 2.45) is 0 Å². The maximum atomic E-state index is 13.0. The maximum Gasteiger partial charge on any atom is 0.301 e. The number of ether oxygens (including phenoxy) is 1. The van der Waals surface area contributed by atoms with Crippen molar-refractivity contribution in [1.29, 1.82) is 0 Å². The van der Waals surface area contributed by atoms with Gasteiger partial charge in [-0.25, -0.2) is 4.98 Å². The lowest BCUT2D eigenvalue weighted by Gasteiger charge is -2.21. The van der Waals surface area contributed by atoms with Gasteiger partial charge in [-0.3, -0.25) is 14.5 Å². The Morgan fingerprint density at radius 1 is 1.20 bits per heavy atom. The number of carbonyl (C=O) groups excluding carboxylic acids is 2. The quantitative estimate of drug-likeness (QED) is 0.349. The number of aliphatic hydroxyl groups excluding tert-OH is 1. The SMILES string of the molecule is CCOc1ccc(/C(O)=C2\C(=O)C(=O)N(c3nc(C)c(C)s3)[C@H]2c2cccs2)cc1. The molecule has 1 aromatic carbocycles. The summed E-state index contributed by atoms with van der Waals surface area (Å²) >= 11 is 2.79. The number of ketones is 1. The van der Waals surface area contributed by atoms with Gasteiger partial charge in [0.05, 0.1) is 17.9 Å². The minimum Gasteiger partial charge on any atom is -0.507 e.